The van der Waals surface area contributed by atoms with E-state index >= 15 is 0 Å². The maximum atomic E-state index is 12.5. The lowest BCUT2D eigenvalue weighted by molar-refractivity contribution is -0.158. The van der Waals surface area contributed by atoms with Crippen LogP contribution < -0.4 is 5.32 Å². The largest absolute Gasteiger partial charge is 0.343 e. The monoisotopic (exact) mass is 358 g/mol. The number of rotatable bonds is 4. The Morgan fingerprint density at radius 3 is 2.50 bits per heavy atom. The standard InChI is InChI=1S/C14H19BrN2O2S/c1-4-14(5-2)13(19)16-9(3)12(18)17(14)8-10-6-7-11(15)20-10/h6-7,9H,4-5,8H2,1-3H3,(H,16,19). The molecule has 0 saturated carbocycles. The molecule has 0 bridgehead atoms. The van der Waals surface area contributed by atoms with E-state index in [1.807, 2.05) is 26.0 Å². The normalized spacial score (nSPS) is 22.0. The Labute approximate surface area is 131 Å². The first-order chi connectivity index (χ1) is 9.44. The molecular weight excluding hydrogens is 340 g/mol. The van der Waals surface area contributed by atoms with Crippen LogP contribution in [0, 0.1) is 0 Å². The fraction of sp³-hybridized carbons (Fsp3) is 0.571. The van der Waals surface area contributed by atoms with E-state index in [2.05, 4.69) is 21.2 Å². The molecule has 1 N–H and O–H groups in total. The lowest BCUT2D eigenvalue weighted by Gasteiger charge is -2.46. The van der Waals surface area contributed by atoms with Gasteiger partial charge >= 0.3 is 0 Å². The summed E-state index contributed by atoms with van der Waals surface area (Å²) in [4.78, 5) is 27.8. The van der Waals surface area contributed by atoms with Crippen LogP contribution in [0.4, 0.5) is 0 Å². The number of hydrogen-bond donors (Lipinski definition) is 1. The third-order valence-corrected chi connectivity index (χ3v) is 5.64. The number of amides is 2. The van der Waals surface area contributed by atoms with Crippen LogP contribution in [0.1, 0.15) is 38.5 Å². The first kappa shape index (κ1) is 15.5. The lowest BCUT2D eigenvalue weighted by atomic mass is 9.86. The van der Waals surface area contributed by atoms with Gasteiger partial charge in [-0.2, -0.15) is 0 Å². The highest BCUT2D eigenvalue weighted by Crippen LogP contribution is 2.32. The first-order valence-corrected chi connectivity index (χ1v) is 8.42. The molecule has 0 aliphatic carbocycles. The van der Waals surface area contributed by atoms with Crippen LogP contribution in [-0.2, 0) is 16.1 Å². The Kier molecular flexibility index (Phi) is 4.54. The highest BCUT2D eigenvalue weighted by molar-refractivity contribution is 9.11. The van der Waals surface area contributed by atoms with E-state index in [9.17, 15) is 9.59 Å². The highest BCUT2D eigenvalue weighted by Gasteiger charge is 2.49. The highest BCUT2D eigenvalue weighted by atomic mass is 79.9. The minimum absolute atomic E-state index is 0.00202. The number of thiophene rings is 1. The van der Waals surface area contributed by atoms with E-state index in [1.165, 1.54) is 0 Å². The second-order valence-electron chi connectivity index (χ2n) is 5.06. The van der Waals surface area contributed by atoms with Gasteiger partial charge in [-0.1, -0.05) is 13.8 Å². The van der Waals surface area contributed by atoms with Gasteiger partial charge in [-0.3, -0.25) is 9.59 Å². The number of piperazine rings is 1. The van der Waals surface area contributed by atoms with Crippen LogP contribution in [0.5, 0.6) is 0 Å². The van der Waals surface area contributed by atoms with E-state index < -0.39 is 11.6 Å². The van der Waals surface area contributed by atoms with Crippen LogP contribution in [0.25, 0.3) is 0 Å². The molecule has 0 aromatic carbocycles. The zero-order valence-electron chi connectivity index (χ0n) is 11.9. The van der Waals surface area contributed by atoms with Crippen molar-refractivity contribution < 1.29 is 9.59 Å². The average molecular weight is 359 g/mol. The number of carbonyl (C=O) groups is 2. The van der Waals surface area contributed by atoms with Crippen LogP contribution in [-0.4, -0.2) is 28.3 Å². The van der Waals surface area contributed by atoms with Crippen molar-refractivity contribution in [3.8, 4) is 0 Å². The summed E-state index contributed by atoms with van der Waals surface area (Å²) in [5.41, 5.74) is -0.722. The predicted molar refractivity (Wildman–Crippen MR) is 83.5 cm³/mol. The average Bonchev–Trinajstić information content (AvgIpc) is 2.82. The predicted octanol–water partition coefficient (Wildman–Crippen LogP) is 2.92. The third kappa shape index (κ3) is 2.51. The molecule has 2 amide bonds. The minimum Gasteiger partial charge on any atom is -0.343 e. The first-order valence-electron chi connectivity index (χ1n) is 6.81. The van der Waals surface area contributed by atoms with E-state index in [0.29, 0.717) is 19.4 Å². The van der Waals surface area contributed by atoms with Gasteiger partial charge in [0.25, 0.3) is 0 Å². The summed E-state index contributed by atoms with van der Waals surface area (Å²) in [6, 6.07) is 3.52. The van der Waals surface area contributed by atoms with Gasteiger partial charge < -0.3 is 10.2 Å². The summed E-state index contributed by atoms with van der Waals surface area (Å²) < 4.78 is 1.04. The molecule has 1 aliphatic heterocycles. The van der Waals surface area contributed by atoms with Crippen molar-refractivity contribution in [3.63, 3.8) is 0 Å². The van der Waals surface area contributed by atoms with Crippen molar-refractivity contribution in [1.82, 2.24) is 10.2 Å². The molecule has 1 unspecified atom stereocenters. The van der Waals surface area contributed by atoms with Gasteiger partial charge in [0.05, 0.1) is 10.3 Å². The van der Waals surface area contributed by atoms with Crippen LogP contribution in [0.3, 0.4) is 0 Å². The molecule has 1 saturated heterocycles. The topological polar surface area (TPSA) is 49.4 Å². The summed E-state index contributed by atoms with van der Waals surface area (Å²) in [6.45, 7) is 6.16. The van der Waals surface area contributed by atoms with Gasteiger partial charge in [0.1, 0.15) is 11.6 Å². The molecule has 2 heterocycles. The van der Waals surface area contributed by atoms with Gasteiger partial charge in [-0.25, -0.2) is 0 Å². The zero-order valence-corrected chi connectivity index (χ0v) is 14.3. The van der Waals surface area contributed by atoms with E-state index in [0.717, 1.165) is 8.66 Å². The number of hydrogen-bond acceptors (Lipinski definition) is 3. The number of nitrogens with one attached hydrogen (secondary N) is 1. The Balaban J connectivity index is 2.36. The van der Waals surface area contributed by atoms with Gasteiger partial charge in [-0.05, 0) is 47.8 Å². The fourth-order valence-corrected chi connectivity index (χ4v) is 4.21. The molecule has 1 aromatic heterocycles. The van der Waals surface area contributed by atoms with Crippen LogP contribution in [0.2, 0.25) is 0 Å². The molecule has 1 fully saturated rings. The number of halogens is 1. The lowest BCUT2D eigenvalue weighted by Crippen LogP contribution is -2.69. The van der Waals surface area contributed by atoms with E-state index in [4.69, 9.17) is 0 Å². The molecule has 0 radical (unpaired) electrons. The summed E-state index contributed by atoms with van der Waals surface area (Å²) in [5, 5.41) is 2.81. The van der Waals surface area contributed by atoms with Gasteiger partial charge in [0.2, 0.25) is 11.8 Å². The minimum atomic E-state index is -0.722. The van der Waals surface area contributed by atoms with Crippen molar-refractivity contribution in [2.75, 3.05) is 0 Å². The van der Waals surface area contributed by atoms with Gasteiger partial charge in [-0.15, -0.1) is 11.3 Å². The van der Waals surface area contributed by atoms with Gasteiger partial charge in [0.15, 0.2) is 0 Å². The van der Waals surface area contributed by atoms with E-state index in [1.54, 1.807) is 23.2 Å². The van der Waals surface area contributed by atoms with E-state index in [-0.39, 0.29) is 11.8 Å². The molecule has 6 heteroatoms. The molecule has 20 heavy (non-hydrogen) atoms. The molecule has 1 aromatic rings. The number of carbonyl (C=O) groups excluding carboxylic acids is 2. The molecule has 1 atom stereocenters. The molecule has 0 spiro atoms. The van der Waals surface area contributed by atoms with Crippen molar-refractivity contribution in [2.24, 2.45) is 0 Å². The summed E-state index contributed by atoms with van der Waals surface area (Å²) in [7, 11) is 0. The second kappa shape index (κ2) is 5.85. The van der Waals surface area contributed by atoms with Crippen LogP contribution in [0.15, 0.2) is 15.9 Å². The van der Waals surface area contributed by atoms with Crippen molar-refractivity contribution in [2.45, 2.75) is 51.7 Å². The van der Waals surface area contributed by atoms with Crippen molar-refractivity contribution >= 4 is 39.1 Å². The Hall–Kier alpha value is -0.880. The Morgan fingerprint density at radius 2 is 2.00 bits per heavy atom. The molecule has 110 valence electrons. The van der Waals surface area contributed by atoms with Gasteiger partial charge in [0, 0.05) is 4.88 Å². The fourth-order valence-electron chi connectivity index (χ4n) is 2.73. The quantitative estimate of drug-likeness (QED) is 0.899. The third-order valence-electron chi connectivity index (χ3n) is 4.04. The summed E-state index contributed by atoms with van der Waals surface area (Å²) in [5.74, 6) is -0.0388. The molecule has 1 aliphatic rings. The SMILES string of the molecule is CCC1(CC)C(=O)NC(C)C(=O)N1Cc1ccc(Br)s1. The Bertz CT molecular complexity index is 525. The summed E-state index contributed by atoms with van der Waals surface area (Å²) >= 11 is 5.03. The smallest absolute Gasteiger partial charge is 0.246 e. The maximum Gasteiger partial charge on any atom is 0.246 e. The van der Waals surface area contributed by atoms with Crippen molar-refractivity contribution in [3.05, 3.63) is 20.8 Å². The number of nitrogens with zero attached hydrogens (tertiary/aromatic N) is 1. The molecule has 4 nitrogen and oxygen atoms in total. The molecular formula is C14H19BrN2O2S. The second-order valence-corrected chi connectivity index (χ2v) is 7.61. The molecule has 2 rings (SSSR count). The Morgan fingerprint density at radius 1 is 1.35 bits per heavy atom. The van der Waals surface area contributed by atoms with Crippen molar-refractivity contribution in [1.29, 1.82) is 0 Å². The maximum absolute atomic E-state index is 12.5. The summed E-state index contributed by atoms with van der Waals surface area (Å²) in [6.07, 6.45) is 1.25. The van der Waals surface area contributed by atoms with Crippen LogP contribution >= 0.6 is 27.3 Å². The zero-order chi connectivity index (χ0) is 14.9.